The molecule has 0 radical (unpaired) electrons. The highest BCUT2D eigenvalue weighted by atomic mass is 16.5. The molecule has 3 rings (SSSR count). The number of carboxylic acid groups (broad SMARTS) is 1. The van der Waals surface area contributed by atoms with Gasteiger partial charge in [-0.15, -0.1) is 0 Å². The minimum atomic E-state index is -1.30. The number of hydrogen-bond donors (Lipinski definition) is 0. The van der Waals surface area contributed by atoms with Gasteiger partial charge in [-0.25, -0.2) is 4.68 Å². The number of carbonyl (C=O) groups excluding carboxylic acids is 2. The molecule has 0 amide bonds. The SMILES string of the molecule is Cc1cc(/C=C/C(=O)c2ccc(OCC(=O)[O-])cc2)c(C)n1-c1ccnn1C(C)C. The molecule has 7 nitrogen and oxygen atoms in total. The first-order valence-corrected chi connectivity index (χ1v) is 9.66. The Morgan fingerprint density at radius 3 is 2.50 bits per heavy atom. The highest BCUT2D eigenvalue weighted by Gasteiger charge is 2.14. The summed E-state index contributed by atoms with van der Waals surface area (Å²) in [5.74, 6) is -0.103. The molecule has 156 valence electrons. The van der Waals surface area contributed by atoms with E-state index < -0.39 is 12.6 Å². The van der Waals surface area contributed by atoms with Crippen molar-refractivity contribution in [2.45, 2.75) is 33.7 Å². The number of aryl methyl sites for hydroxylation is 1. The zero-order valence-corrected chi connectivity index (χ0v) is 17.5. The molecule has 0 aliphatic heterocycles. The van der Waals surface area contributed by atoms with Gasteiger partial charge in [-0.1, -0.05) is 0 Å². The van der Waals surface area contributed by atoms with E-state index in [1.807, 2.05) is 30.7 Å². The van der Waals surface area contributed by atoms with Gasteiger partial charge < -0.3 is 19.2 Å². The standard InChI is InChI=1S/C23H25N3O4/c1-15(2)26-22(11-12-24-26)25-16(3)13-19(17(25)4)7-10-21(27)18-5-8-20(9-6-18)30-14-23(28)29/h5-13,15H,14H2,1-4H3,(H,28,29)/p-1/b10-7+. The van der Waals surface area contributed by atoms with E-state index in [2.05, 4.69) is 23.5 Å². The van der Waals surface area contributed by atoms with Crippen LogP contribution in [0.15, 0.2) is 48.7 Å². The second-order valence-electron chi connectivity index (χ2n) is 7.27. The van der Waals surface area contributed by atoms with Gasteiger partial charge in [0.25, 0.3) is 0 Å². The van der Waals surface area contributed by atoms with Gasteiger partial charge in [-0.05, 0) is 75.7 Å². The van der Waals surface area contributed by atoms with Crippen molar-refractivity contribution in [3.05, 3.63) is 71.2 Å². The first kappa shape index (κ1) is 21.1. The van der Waals surface area contributed by atoms with Crippen molar-refractivity contribution in [2.24, 2.45) is 0 Å². The maximum absolute atomic E-state index is 12.5. The molecule has 0 aliphatic rings. The Morgan fingerprint density at radius 2 is 1.87 bits per heavy atom. The maximum atomic E-state index is 12.5. The van der Waals surface area contributed by atoms with E-state index in [1.165, 1.54) is 6.08 Å². The van der Waals surface area contributed by atoms with E-state index in [1.54, 1.807) is 36.5 Å². The second-order valence-corrected chi connectivity index (χ2v) is 7.27. The van der Waals surface area contributed by atoms with Gasteiger partial charge >= 0.3 is 0 Å². The van der Waals surface area contributed by atoms with Crippen molar-refractivity contribution in [1.82, 2.24) is 14.3 Å². The predicted molar refractivity (Wildman–Crippen MR) is 112 cm³/mol. The molecule has 0 N–H and O–H groups in total. The molecule has 1 aromatic carbocycles. The zero-order chi connectivity index (χ0) is 21.8. The fraction of sp³-hybridized carbons (Fsp3) is 0.261. The molecular formula is C23H24N3O4-. The van der Waals surface area contributed by atoms with Crippen LogP contribution in [-0.2, 0) is 4.79 Å². The Kier molecular flexibility index (Phi) is 6.20. The molecule has 0 spiro atoms. The van der Waals surface area contributed by atoms with Crippen LogP contribution < -0.4 is 9.84 Å². The van der Waals surface area contributed by atoms with Crippen molar-refractivity contribution in [1.29, 1.82) is 0 Å². The lowest BCUT2D eigenvalue weighted by Crippen LogP contribution is -2.28. The van der Waals surface area contributed by atoms with Crippen LogP contribution in [-0.4, -0.2) is 32.7 Å². The number of nitrogens with zero attached hydrogens (tertiary/aromatic N) is 3. The molecular weight excluding hydrogens is 382 g/mol. The van der Waals surface area contributed by atoms with Crippen LogP contribution >= 0.6 is 0 Å². The Hall–Kier alpha value is -3.61. The third-order valence-corrected chi connectivity index (χ3v) is 4.75. The lowest BCUT2D eigenvalue weighted by molar-refractivity contribution is -0.307. The van der Waals surface area contributed by atoms with Crippen molar-refractivity contribution >= 4 is 17.8 Å². The topological polar surface area (TPSA) is 89.2 Å². The molecule has 2 aromatic heterocycles. The van der Waals surface area contributed by atoms with E-state index in [9.17, 15) is 14.7 Å². The molecule has 0 atom stereocenters. The number of hydrogen-bond acceptors (Lipinski definition) is 5. The van der Waals surface area contributed by atoms with E-state index in [4.69, 9.17) is 4.74 Å². The smallest absolute Gasteiger partial charge is 0.185 e. The summed E-state index contributed by atoms with van der Waals surface area (Å²) in [5, 5.41) is 14.8. The van der Waals surface area contributed by atoms with Crippen molar-refractivity contribution < 1.29 is 19.4 Å². The van der Waals surface area contributed by atoms with E-state index in [0.717, 1.165) is 22.8 Å². The third kappa shape index (κ3) is 4.51. The maximum Gasteiger partial charge on any atom is 0.185 e. The summed E-state index contributed by atoms with van der Waals surface area (Å²) < 4.78 is 9.11. The summed E-state index contributed by atoms with van der Waals surface area (Å²) >= 11 is 0. The summed E-state index contributed by atoms with van der Waals surface area (Å²) in [7, 11) is 0. The normalized spacial score (nSPS) is 11.4. The minimum absolute atomic E-state index is 0.154. The molecule has 0 fully saturated rings. The molecule has 0 bridgehead atoms. The van der Waals surface area contributed by atoms with Gasteiger partial charge in [0.2, 0.25) is 0 Å². The number of carboxylic acids is 1. The van der Waals surface area contributed by atoms with Crippen molar-refractivity contribution in [3.8, 4) is 11.6 Å². The average Bonchev–Trinajstić information content (AvgIpc) is 3.29. The van der Waals surface area contributed by atoms with E-state index in [-0.39, 0.29) is 11.8 Å². The Morgan fingerprint density at radius 1 is 1.17 bits per heavy atom. The summed E-state index contributed by atoms with van der Waals surface area (Å²) in [6, 6.07) is 10.6. The number of allylic oxidation sites excluding steroid dienone is 1. The Bertz CT molecular complexity index is 1090. The molecule has 0 saturated heterocycles. The number of rotatable bonds is 8. The van der Waals surface area contributed by atoms with Gasteiger partial charge in [-0.3, -0.25) is 4.79 Å². The second kappa shape index (κ2) is 8.82. The van der Waals surface area contributed by atoms with Crippen molar-refractivity contribution in [2.75, 3.05) is 6.61 Å². The number of carbonyl (C=O) groups is 2. The van der Waals surface area contributed by atoms with Gasteiger partial charge in [0.15, 0.2) is 5.78 Å². The summed E-state index contributed by atoms with van der Waals surface area (Å²) in [5.41, 5.74) is 3.51. The molecule has 3 aromatic rings. The average molecular weight is 406 g/mol. The quantitative estimate of drug-likeness (QED) is 0.424. The third-order valence-electron chi connectivity index (χ3n) is 4.75. The van der Waals surface area contributed by atoms with Crippen LogP contribution in [0.1, 0.15) is 47.2 Å². The summed E-state index contributed by atoms with van der Waals surface area (Å²) in [6.45, 7) is 7.67. The van der Waals surface area contributed by atoms with E-state index in [0.29, 0.717) is 11.3 Å². The molecule has 30 heavy (non-hydrogen) atoms. The number of ketones is 1. The van der Waals surface area contributed by atoms with Crippen LogP contribution in [0.5, 0.6) is 5.75 Å². The Balaban J connectivity index is 1.79. The molecule has 0 saturated carbocycles. The highest BCUT2D eigenvalue weighted by molar-refractivity contribution is 6.06. The van der Waals surface area contributed by atoms with Crippen LogP contribution in [0, 0.1) is 13.8 Å². The van der Waals surface area contributed by atoms with Gasteiger partial charge in [0.1, 0.15) is 18.2 Å². The van der Waals surface area contributed by atoms with Crippen LogP contribution in [0.3, 0.4) is 0 Å². The van der Waals surface area contributed by atoms with E-state index >= 15 is 0 Å². The van der Waals surface area contributed by atoms with Crippen LogP contribution in [0.25, 0.3) is 11.9 Å². The fourth-order valence-corrected chi connectivity index (χ4v) is 3.31. The zero-order valence-electron chi connectivity index (χ0n) is 17.5. The summed E-state index contributed by atoms with van der Waals surface area (Å²) in [6.07, 6.45) is 5.12. The van der Waals surface area contributed by atoms with Gasteiger partial charge in [-0.2, -0.15) is 5.10 Å². The lowest BCUT2D eigenvalue weighted by Gasteiger charge is -2.15. The summed E-state index contributed by atoms with van der Waals surface area (Å²) in [4.78, 5) is 23.0. The monoisotopic (exact) mass is 406 g/mol. The fourth-order valence-electron chi connectivity index (χ4n) is 3.31. The first-order chi connectivity index (χ1) is 14.3. The number of ether oxygens (including phenoxy) is 1. The minimum Gasteiger partial charge on any atom is -0.546 e. The molecule has 0 unspecified atom stereocenters. The molecule has 2 heterocycles. The predicted octanol–water partition coefficient (Wildman–Crippen LogP) is 2.90. The van der Waals surface area contributed by atoms with Crippen molar-refractivity contribution in [3.63, 3.8) is 0 Å². The lowest BCUT2D eigenvalue weighted by atomic mass is 10.1. The molecule has 0 aliphatic carbocycles. The van der Waals surface area contributed by atoms with Gasteiger partial charge in [0, 0.05) is 29.1 Å². The first-order valence-electron chi connectivity index (χ1n) is 9.66. The Labute approximate surface area is 175 Å². The number of aliphatic carboxylic acids is 1. The largest absolute Gasteiger partial charge is 0.546 e. The van der Waals surface area contributed by atoms with Crippen LogP contribution in [0.2, 0.25) is 0 Å². The molecule has 7 heteroatoms. The van der Waals surface area contributed by atoms with Gasteiger partial charge in [0.05, 0.1) is 12.2 Å². The number of benzene rings is 1. The number of aromatic nitrogens is 3. The van der Waals surface area contributed by atoms with Crippen LogP contribution in [0.4, 0.5) is 0 Å². The highest BCUT2D eigenvalue weighted by Crippen LogP contribution is 2.23.